The molecule has 0 saturated heterocycles. The topological polar surface area (TPSA) is 54.4 Å². The van der Waals surface area contributed by atoms with E-state index in [1.165, 1.54) is 19.3 Å². The van der Waals surface area contributed by atoms with Crippen molar-refractivity contribution in [3.63, 3.8) is 0 Å². The molecule has 0 aliphatic heterocycles. The second-order valence-corrected chi connectivity index (χ2v) is 6.12. The molecule has 0 amide bonds. The summed E-state index contributed by atoms with van der Waals surface area (Å²) in [6, 6.07) is 0. The number of hydrogen-bond donors (Lipinski definition) is 1. The van der Waals surface area contributed by atoms with Gasteiger partial charge in [-0.1, -0.05) is 44.8 Å². The molecule has 0 aromatic carbocycles. The summed E-state index contributed by atoms with van der Waals surface area (Å²) >= 11 is 0. The van der Waals surface area contributed by atoms with Crippen molar-refractivity contribution in [3.05, 3.63) is 12.2 Å². The van der Waals surface area contributed by atoms with Gasteiger partial charge in [0.15, 0.2) is 0 Å². The summed E-state index contributed by atoms with van der Waals surface area (Å²) in [5, 5.41) is 8.96. The van der Waals surface area contributed by atoms with Gasteiger partial charge < -0.3 is 5.11 Å². The quantitative estimate of drug-likeness (QED) is 0.764. The lowest BCUT2D eigenvalue weighted by Gasteiger charge is -2.16. The third-order valence-electron chi connectivity index (χ3n) is 4.05. The summed E-state index contributed by atoms with van der Waals surface area (Å²) in [6.45, 7) is 2.08. The summed E-state index contributed by atoms with van der Waals surface area (Å²) in [6.07, 6.45) is 13.5. The van der Waals surface area contributed by atoms with E-state index in [1.807, 2.05) is 0 Å². The number of hydrogen-bond acceptors (Lipinski definition) is 2. The van der Waals surface area contributed by atoms with Crippen molar-refractivity contribution < 1.29 is 14.7 Å². The third kappa shape index (κ3) is 7.46. The van der Waals surface area contributed by atoms with Crippen molar-refractivity contribution in [3.8, 4) is 0 Å². The molecule has 1 rings (SSSR count). The van der Waals surface area contributed by atoms with E-state index in [0.717, 1.165) is 32.1 Å². The number of carboxylic acids is 1. The Labute approximate surface area is 122 Å². The van der Waals surface area contributed by atoms with Crippen molar-refractivity contribution in [1.29, 1.82) is 0 Å². The van der Waals surface area contributed by atoms with Crippen LogP contribution in [0.3, 0.4) is 0 Å². The molecule has 2 unspecified atom stereocenters. The van der Waals surface area contributed by atoms with E-state index in [2.05, 4.69) is 19.1 Å². The van der Waals surface area contributed by atoms with Gasteiger partial charge in [-0.15, -0.1) is 0 Å². The average Bonchev–Trinajstić information content (AvgIpc) is 2.38. The Bertz CT molecular complexity index is 333. The van der Waals surface area contributed by atoms with Crippen molar-refractivity contribution in [1.82, 2.24) is 0 Å². The van der Waals surface area contributed by atoms with Crippen LogP contribution in [0.4, 0.5) is 0 Å². The van der Waals surface area contributed by atoms with Crippen LogP contribution in [0.25, 0.3) is 0 Å². The second kappa shape index (κ2) is 9.73. The first-order chi connectivity index (χ1) is 9.59. The molecule has 0 radical (unpaired) electrons. The largest absolute Gasteiger partial charge is 0.481 e. The fraction of sp³-hybridized carbons (Fsp3) is 0.765. The van der Waals surface area contributed by atoms with Crippen LogP contribution in [0.5, 0.6) is 0 Å². The second-order valence-electron chi connectivity index (χ2n) is 6.12. The van der Waals surface area contributed by atoms with E-state index in [0.29, 0.717) is 12.3 Å². The lowest BCUT2D eigenvalue weighted by atomic mass is 9.87. The maximum Gasteiger partial charge on any atom is 0.304 e. The van der Waals surface area contributed by atoms with E-state index in [1.54, 1.807) is 0 Å². The fourth-order valence-electron chi connectivity index (χ4n) is 2.81. The Kier molecular flexibility index (Phi) is 8.24. The van der Waals surface area contributed by atoms with E-state index in [-0.39, 0.29) is 18.1 Å². The highest BCUT2D eigenvalue weighted by molar-refractivity contribution is 5.85. The van der Waals surface area contributed by atoms with Crippen LogP contribution in [-0.2, 0) is 9.59 Å². The monoisotopic (exact) mass is 280 g/mol. The first-order valence-electron chi connectivity index (χ1n) is 7.99. The summed E-state index contributed by atoms with van der Waals surface area (Å²) < 4.78 is 0. The first kappa shape index (κ1) is 16.9. The Hall–Kier alpha value is -1.12. The molecular weight excluding hydrogens is 252 g/mol. The van der Waals surface area contributed by atoms with E-state index in [4.69, 9.17) is 5.11 Å². The van der Waals surface area contributed by atoms with Crippen molar-refractivity contribution in [2.75, 3.05) is 0 Å². The van der Waals surface area contributed by atoms with Gasteiger partial charge in [-0.2, -0.15) is 0 Å². The zero-order chi connectivity index (χ0) is 14.8. The molecule has 3 heteroatoms. The van der Waals surface area contributed by atoms with Gasteiger partial charge in [-0.3, -0.25) is 9.59 Å². The van der Waals surface area contributed by atoms with Gasteiger partial charge in [0.05, 0.1) is 6.42 Å². The lowest BCUT2D eigenvalue weighted by Crippen LogP contribution is -2.20. The molecular formula is C17H28O3. The van der Waals surface area contributed by atoms with Gasteiger partial charge in [-0.05, 0) is 31.6 Å². The van der Waals surface area contributed by atoms with Crippen LogP contribution < -0.4 is 0 Å². The smallest absolute Gasteiger partial charge is 0.304 e. The van der Waals surface area contributed by atoms with Gasteiger partial charge in [-0.25, -0.2) is 0 Å². The minimum absolute atomic E-state index is 0.00138. The van der Waals surface area contributed by atoms with Gasteiger partial charge in [0.1, 0.15) is 5.78 Å². The Morgan fingerprint density at radius 1 is 1.20 bits per heavy atom. The highest BCUT2D eigenvalue weighted by Crippen LogP contribution is 2.22. The number of rotatable bonds is 2. The maximum atomic E-state index is 12.2. The molecule has 0 aromatic rings. The molecule has 1 aliphatic carbocycles. The Morgan fingerprint density at radius 2 is 1.90 bits per heavy atom. The van der Waals surface area contributed by atoms with Crippen LogP contribution in [0, 0.1) is 11.8 Å². The minimum atomic E-state index is -0.850. The SMILES string of the molecule is CC1CC=CCCCCCCCC(CC(=O)O)C(=O)C1. The summed E-state index contributed by atoms with van der Waals surface area (Å²) in [4.78, 5) is 23.1. The standard InChI is InChI=1S/C17H28O3/c1-14-10-8-6-4-2-3-5-7-9-11-15(13-17(19)20)16(18)12-14/h6,8,14-15H,2-5,7,9-13H2,1H3,(H,19,20). The molecule has 0 bridgehead atoms. The minimum Gasteiger partial charge on any atom is -0.481 e. The highest BCUT2D eigenvalue weighted by Gasteiger charge is 2.22. The van der Waals surface area contributed by atoms with Crippen LogP contribution >= 0.6 is 0 Å². The molecule has 2 atom stereocenters. The summed E-state index contributed by atoms with van der Waals surface area (Å²) in [5.41, 5.74) is 0. The van der Waals surface area contributed by atoms with Gasteiger partial charge in [0.25, 0.3) is 0 Å². The molecule has 0 heterocycles. The number of allylic oxidation sites excluding steroid dienone is 2. The van der Waals surface area contributed by atoms with Crippen molar-refractivity contribution in [2.24, 2.45) is 11.8 Å². The van der Waals surface area contributed by atoms with Gasteiger partial charge in [0, 0.05) is 12.3 Å². The van der Waals surface area contributed by atoms with Gasteiger partial charge in [0.2, 0.25) is 0 Å². The van der Waals surface area contributed by atoms with Crippen molar-refractivity contribution >= 4 is 11.8 Å². The molecule has 1 N–H and O–H groups in total. The summed E-state index contributed by atoms with van der Waals surface area (Å²) in [5.74, 6) is -0.665. The summed E-state index contributed by atoms with van der Waals surface area (Å²) in [7, 11) is 0. The van der Waals surface area contributed by atoms with Crippen molar-refractivity contribution in [2.45, 2.75) is 71.1 Å². The number of carbonyl (C=O) groups excluding carboxylic acids is 1. The van der Waals surface area contributed by atoms with Crippen LogP contribution in [0.2, 0.25) is 0 Å². The van der Waals surface area contributed by atoms with E-state index >= 15 is 0 Å². The molecule has 0 fully saturated rings. The fourth-order valence-corrected chi connectivity index (χ4v) is 2.81. The lowest BCUT2D eigenvalue weighted by molar-refractivity contribution is -0.141. The number of Topliss-reactive ketones (excluding diaryl/α,β-unsaturated/α-hetero) is 1. The zero-order valence-corrected chi connectivity index (χ0v) is 12.6. The molecule has 0 saturated carbocycles. The number of carboxylic acid groups (broad SMARTS) is 1. The molecule has 3 nitrogen and oxygen atoms in total. The molecule has 114 valence electrons. The molecule has 1 aliphatic rings. The van der Waals surface area contributed by atoms with Crippen LogP contribution in [-0.4, -0.2) is 16.9 Å². The Balaban J connectivity index is 2.59. The highest BCUT2D eigenvalue weighted by atomic mass is 16.4. The Morgan fingerprint density at radius 3 is 2.65 bits per heavy atom. The first-order valence-corrected chi connectivity index (χ1v) is 7.99. The number of carbonyl (C=O) groups is 2. The number of ketones is 1. The zero-order valence-electron chi connectivity index (χ0n) is 12.6. The average molecular weight is 280 g/mol. The maximum absolute atomic E-state index is 12.2. The normalized spacial score (nSPS) is 26.9. The van der Waals surface area contributed by atoms with Gasteiger partial charge >= 0.3 is 5.97 Å². The predicted octanol–water partition coefficient (Wildman–Crippen LogP) is 4.36. The molecule has 20 heavy (non-hydrogen) atoms. The van der Waals surface area contributed by atoms with Crippen LogP contribution in [0.1, 0.15) is 71.1 Å². The van der Waals surface area contributed by atoms with E-state index in [9.17, 15) is 9.59 Å². The predicted molar refractivity (Wildman–Crippen MR) is 80.6 cm³/mol. The van der Waals surface area contributed by atoms with Crippen LogP contribution in [0.15, 0.2) is 12.2 Å². The van der Waals surface area contributed by atoms with E-state index < -0.39 is 5.97 Å². The molecule has 0 aromatic heterocycles. The third-order valence-corrected chi connectivity index (χ3v) is 4.05. The molecule has 0 spiro atoms. The number of aliphatic carboxylic acids is 1.